The van der Waals surface area contributed by atoms with Crippen LogP contribution < -0.4 is 5.32 Å². The highest BCUT2D eigenvalue weighted by molar-refractivity contribution is 6.26. The van der Waals surface area contributed by atoms with E-state index in [1.54, 1.807) is 24.3 Å². The van der Waals surface area contributed by atoms with E-state index < -0.39 is 11.9 Å². The minimum Gasteiger partial charge on any atom is -0.511 e. The van der Waals surface area contributed by atoms with E-state index in [1.807, 2.05) is 6.92 Å². The summed E-state index contributed by atoms with van der Waals surface area (Å²) >= 11 is 0. The molecule has 130 valence electrons. The molecule has 0 radical (unpaired) electrons. The molecule has 1 aliphatic heterocycles. The van der Waals surface area contributed by atoms with E-state index in [1.165, 1.54) is 0 Å². The molecule has 3 N–H and O–H groups in total. The van der Waals surface area contributed by atoms with Gasteiger partial charge in [0.2, 0.25) is 0 Å². The summed E-state index contributed by atoms with van der Waals surface area (Å²) in [5.74, 6) is -0.630. The van der Waals surface area contributed by atoms with Crippen LogP contribution in [0.5, 0.6) is 5.75 Å². The van der Waals surface area contributed by atoms with Gasteiger partial charge in [-0.3, -0.25) is 9.59 Å². The van der Waals surface area contributed by atoms with Crippen molar-refractivity contribution >= 4 is 11.7 Å². The smallest absolute Gasteiger partial charge is 0.259 e. The van der Waals surface area contributed by atoms with E-state index in [0.717, 1.165) is 18.4 Å². The number of hydrogen-bond acceptors (Lipinski definition) is 4. The molecule has 5 heteroatoms. The Morgan fingerprint density at radius 3 is 2.42 bits per heavy atom. The minimum atomic E-state index is -0.671. The number of aliphatic hydroxyl groups excluding tert-OH is 1. The lowest BCUT2D eigenvalue weighted by molar-refractivity contribution is -0.117. The number of ketones is 1. The first-order chi connectivity index (χ1) is 11.3. The highest BCUT2D eigenvalue weighted by Gasteiger charge is 2.39. The van der Waals surface area contributed by atoms with Crippen molar-refractivity contribution in [3.63, 3.8) is 0 Å². The molecule has 0 spiro atoms. The highest BCUT2D eigenvalue weighted by atomic mass is 16.3. The lowest BCUT2D eigenvalue weighted by Crippen LogP contribution is -2.31. The van der Waals surface area contributed by atoms with Gasteiger partial charge in [-0.25, -0.2) is 0 Å². The van der Waals surface area contributed by atoms with Crippen LogP contribution in [0.15, 0.2) is 35.6 Å². The fourth-order valence-corrected chi connectivity index (χ4v) is 2.96. The lowest BCUT2D eigenvalue weighted by Gasteiger charge is -2.16. The van der Waals surface area contributed by atoms with Gasteiger partial charge < -0.3 is 15.5 Å². The van der Waals surface area contributed by atoms with Crippen molar-refractivity contribution in [2.24, 2.45) is 11.8 Å². The molecular formula is C19H25NO4. The van der Waals surface area contributed by atoms with Crippen LogP contribution in [-0.4, -0.2) is 27.9 Å². The second-order valence-corrected chi connectivity index (χ2v) is 6.67. The molecular weight excluding hydrogens is 306 g/mol. The van der Waals surface area contributed by atoms with Crippen molar-refractivity contribution in [3.8, 4) is 5.75 Å². The van der Waals surface area contributed by atoms with Crippen LogP contribution in [0.4, 0.5) is 0 Å². The SMILES string of the molecule is CCC(C)C[C@H](C)/C(O)=C1\C(=O)NC(Cc2ccc(O)cc2)C1=O. The third-order valence-electron chi connectivity index (χ3n) is 4.65. The molecule has 0 aliphatic carbocycles. The topological polar surface area (TPSA) is 86.6 Å². The van der Waals surface area contributed by atoms with Gasteiger partial charge in [-0.05, 0) is 30.0 Å². The van der Waals surface area contributed by atoms with Gasteiger partial charge >= 0.3 is 0 Å². The van der Waals surface area contributed by atoms with Gasteiger partial charge in [-0.1, -0.05) is 39.3 Å². The second kappa shape index (κ2) is 7.51. The Morgan fingerprint density at radius 2 is 1.83 bits per heavy atom. The first-order valence-electron chi connectivity index (χ1n) is 8.39. The van der Waals surface area contributed by atoms with Gasteiger partial charge in [-0.15, -0.1) is 0 Å². The maximum atomic E-state index is 12.5. The standard InChI is InChI=1S/C19H25NO4/c1-4-11(2)9-12(3)17(22)16-18(23)15(20-19(16)24)10-13-5-7-14(21)8-6-13/h5-8,11-12,15,21-22H,4,9-10H2,1-3H3,(H,20,24)/b17-16+/t11?,12-,15?/m0/s1. The van der Waals surface area contributed by atoms with Crippen molar-refractivity contribution in [3.05, 3.63) is 41.2 Å². The van der Waals surface area contributed by atoms with Crippen LogP contribution in [0.3, 0.4) is 0 Å². The third kappa shape index (κ3) is 3.96. The number of amides is 1. The summed E-state index contributed by atoms with van der Waals surface area (Å²) < 4.78 is 0. The minimum absolute atomic E-state index is 0.102. The zero-order chi connectivity index (χ0) is 17.9. The molecule has 2 unspecified atom stereocenters. The van der Waals surface area contributed by atoms with Crippen LogP contribution in [0.25, 0.3) is 0 Å². The van der Waals surface area contributed by atoms with Crippen molar-refractivity contribution < 1.29 is 19.8 Å². The Morgan fingerprint density at radius 1 is 1.21 bits per heavy atom. The number of benzene rings is 1. The summed E-state index contributed by atoms with van der Waals surface area (Å²) in [6.45, 7) is 5.99. The first kappa shape index (κ1) is 18.0. The Labute approximate surface area is 142 Å². The fourth-order valence-electron chi connectivity index (χ4n) is 2.96. The summed E-state index contributed by atoms with van der Waals surface area (Å²) in [5, 5.41) is 22.3. The summed E-state index contributed by atoms with van der Waals surface area (Å²) in [7, 11) is 0. The molecule has 5 nitrogen and oxygen atoms in total. The number of aliphatic hydroxyl groups is 1. The maximum Gasteiger partial charge on any atom is 0.259 e. The first-order valence-corrected chi connectivity index (χ1v) is 8.39. The van der Waals surface area contributed by atoms with Crippen LogP contribution in [0.2, 0.25) is 0 Å². The number of carbonyl (C=O) groups is 2. The van der Waals surface area contributed by atoms with Crippen molar-refractivity contribution in [1.82, 2.24) is 5.32 Å². The van der Waals surface area contributed by atoms with E-state index in [-0.39, 0.29) is 28.8 Å². The number of allylic oxidation sites excluding steroid dienone is 1. The fraction of sp³-hybridized carbons (Fsp3) is 0.474. The van der Waals surface area contributed by atoms with Crippen LogP contribution in [0.1, 0.15) is 39.2 Å². The van der Waals surface area contributed by atoms with Crippen LogP contribution in [-0.2, 0) is 16.0 Å². The maximum absolute atomic E-state index is 12.5. The second-order valence-electron chi connectivity index (χ2n) is 6.67. The molecule has 1 heterocycles. The largest absolute Gasteiger partial charge is 0.511 e. The zero-order valence-corrected chi connectivity index (χ0v) is 14.4. The van der Waals surface area contributed by atoms with Gasteiger partial charge in [0.15, 0.2) is 5.78 Å². The molecule has 1 amide bonds. The number of Topliss-reactive ketones (excluding diaryl/α,β-unsaturated/α-hetero) is 1. The quantitative estimate of drug-likeness (QED) is 0.425. The molecule has 1 aliphatic rings. The molecule has 1 saturated heterocycles. The summed E-state index contributed by atoms with van der Waals surface area (Å²) in [4.78, 5) is 24.7. The van der Waals surface area contributed by atoms with E-state index >= 15 is 0 Å². The Hall–Kier alpha value is -2.30. The lowest BCUT2D eigenvalue weighted by atomic mass is 9.91. The number of carbonyl (C=O) groups excluding carboxylic acids is 2. The van der Waals surface area contributed by atoms with Crippen molar-refractivity contribution in [1.29, 1.82) is 0 Å². The van der Waals surface area contributed by atoms with E-state index in [4.69, 9.17) is 0 Å². The van der Waals surface area contributed by atoms with Gasteiger partial charge in [0, 0.05) is 12.3 Å². The normalized spacial score (nSPS) is 22.2. The number of phenols is 1. The summed E-state index contributed by atoms with van der Waals surface area (Å²) in [6, 6.07) is 5.83. The molecule has 0 bridgehead atoms. The number of rotatable bonds is 6. The van der Waals surface area contributed by atoms with E-state index in [0.29, 0.717) is 12.3 Å². The van der Waals surface area contributed by atoms with Crippen LogP contribution >= 0.6 is 0 Å². The molecule has 0 saturated carbocycles. The molecule has 2 rings (SSSR count). The van der Waals surface area contributed by atoms with Gasteiger partial charge in [0.25, 0.3) is 5.91 Å². The van der Waals surface area contributed by atoms with Gasteiger partial charge in [0.05, 0.1) is 6.04 Å². The Balaban J connectivity index is 2.15. The summed E-state index contributed by atoms with van der Waals surface area (Å²) in [5.41, 5.74) is 0.731. The molecule has 1 aromatic rings. The third-order valence-corrected chi connectivity index (χ3v) is 4.65. The van der Waals surface area contributed by atoms with Gasteiger partial charge in [0.1, 0.15) is 17.1 Å². The zero-order valence-electron chi connectivity index (χ0n) is 14.4. The molecule has 1 fully saturated rings. The van der Waals surface area contributed by atoms with Crippen molar-refractivity contribution in [2.75, 3.05) is 0 Å². The predicted molar refractivity (Wildman–Crippen MR) is 91.6 cm³/mol. The summed E-state index contributed by atoms with van der Waals surface area (Å²) in [6.07, 6.45) is 2.05. The number of aromatic hydroxyl groups is 1. The van der Waals surface area contributed by atoms with E-state index in [2.05, 4.69) is 19.2 Å². The highest BCUT2D eigenvalue weighted by Crippen LogP contribution is 2.26. The molecule has 1 aromatic carbocycles. The monoisotopic (exact) mass is 331 g/mol. The Kier molecular flexibility index (Phi) is 5.65. The number of phenolic OH excluding ortho intramolecular Hbond substituents is 1. The number of nitrogens with one attached hydrogen (secondary N) is 1. The molecule has 24 heavy (non-hydrogen) atoms. The predicted octanol–water partition coefficient (Wildman–Crippen LogP) is 2.89. The number of hydrogen-bond donors (Lipinski definition) is 3. The van der Waals surface area contributed by atoms with E-state index in [9.17, 15) is 19.8 Å². The molecule has 0 aromatic heterocycles. The average Bonchev–Trinajstić information content (AvgIpc) is 2.82. The van der Waals surface area contributed by atoms with Crippen LogP contribution in [0, 0.1) is 11.8 Å². The molecule has 3 atom stereocenters. The van der Waals surface area contributed by atoms with Gasteiger partial charge in [-0.2, -0.15) is 0 Å². The Bertz CT molecular complexity index is 648. The van der Waals surface area contributed by atoms with Crippen molar-refractivity contribution in [2.45, 2.75) is 46.1 Å². The average molecular weight is 331 g/mol.